The highest BCUT2D eigenvalue weighted by Gasteiger charge is 2.34. The quantitative estimate of drug-likeness (QED) is 0.785. The molecular weight excluding hydrogens is 309 g/mol. The highest BCUT2D eigenvalue weighted by molar-refractivity contribution is 9.08. The molecule has 1 rings (SSSR count). The van der Waals surface area contributed by atoms with E-state index in [0.717, 1.165) is 6.07 Å². The van der Waals surface area contributed by atoms with Crippen LogP contribution < -0.4 is 4.90 Å². The number of hydrogen-bond acceptors (Lipinski definition) is 2. The third kappa shape index (κ3) is 3.64. The van der Waals surface area contributed by atoms with Gasteiger partial charge in [0.1, 0.15) is 0 Å². The van der Waals surface area contributed by atoms with Crippen molar-refractivity contribution in [2.24, 2.45) is 0 Å². The van der Waals surface area contributed by atoms with Crippen LogP contribution in [-0.4, -0.2) is 13.6 Å². The second-order valence-corrected chi connectivity index (χ2v) is 4.37. The minimum atomic E-state index is -4.39. The van der Waals surface area contributed by atoms with Crippen LogP contribution in [0, 0.1) is 11.3 Å². The molecule has 0 amide bonds. The van der Waals surface area contributed by atoms with Crippen LogP contribution in [-0.2, 0) is 11.5 Å². The van der Waals surface area contributed by atoms with Crippen molar-refractivity contribution in [3.63, 3.8) is 0 Å². The van der Waals surface area contributed by atoms with Gasteiger partial charge in [0, 0.05) is 24.6 Å². The van der Waals surface area contributed by atoms with Crippen LogP contribution in [0.5, 0.6) is 0 Å². The Hall–Kier alpha value is -1.22. The second-order valence-electron chi connectivity index (χ2n) is 3.81. The van der Waals surface area contributed by atoms with Crippen molar-refractivity contribution in [3.05, 3.63) is 29.3 Å². The van der Waals surface area contributed by atoms with Crippen LogP contribution in [0.25, 0.3) is 0 Å². The Morgan fingerprint density at radius 3 is 2.56 bits per heavy atom. The van der Waals surface area contributed by atoms with Gasteiger partial charge in [0.2, 0.25) is 0 Å². The van der Waals surface area contributed by atoms with Crippen LogP contribution in [0.4, 0.5) is 18.9 Å². The first-order valence-corrected chi connectivity index (χ1v) is 6.36. The zero-order valence-electron chi connectivity index (χ0n) is 9.76. The Bertz CT molecular complexity index is 452. The fraction of sp³-hybridized carbons (Fsp3) is 0.417. The van der Waals surface area contributed by atoms with Crippen LogP contribution in [0.1, 0.15) is 17.5 Å². The van der Waals surface area contributed by atoms with Crippen LogP contribution in [0.3, 0.4) is 0 Å². The largest absolute Gasteiger partial charge is 0.418 e. The lowest BCUT2D eigenvalue weighted by Crippen LogP contribution is -2.22. The fourth-order valence-electron chi connectivity index (χ4n) is 1.56. The summed E-state index contributed by atoms with van der Waals surface area (Å²) in [5.41, 5.74) is 0.00194. The van der Waals surface area contributed by atoms with E-state index >= 15 is 0 Å². The van der Waals surface area contributed by atoms with E-state index in [4.69, 9.17) is 5.26 Å². The molecule has 0 fully saturated rings. The Morgan fingerprint density at radius 2 is 2.06 bits per heavy atom. The third-order valence-corrected chi connectivity index (χ3v) is 3.14. The molecule has 0 unspecified atom stereocenters. The predicted molar refractivity (Wildman–Crippen MR) is 67.6 cm³/mol. The summed E-state index contributed by atoms with van der Waals surface area (Å²) in [5, 5.41) is 8.84. The molecule has 1 aromatic rings. The molecule has 0 atom stereocenters. The SMILES string of the molecule is CN(CCC#N)c1ccc(CBr)cc1C(F)(F)F. The summed E-state index contributed by atoms with van der Waals surface area (Å²) in [6, 6.07) is 6.13. The van der Waals surface area contributed by atoms with E-state index in [0.29, 0.717) is 10.9 Å². The first-order valence-electron chi connectivity index (χ1n) is 5.24. The summed E-state index contributed by atoms with van der Waals surface area (Å²) in [7, 11) is 1.55. The lowest BCUT2D eigenvalue weighted by Gasteiger charge is -2.23. The first kappa shape index (κ1) is 14.8. The second kappa shape index (κ2) is 6.10. The number of benzene rings is 1. The molecule has 0 aromatic heterocycles. The van der Waals surface area contributed by atoms with Crippen molar-refractivity contribution in [3.8, 4) is 6.07 Å². The molecular formula is C12H12BrF3N2. The monoisotopic (exact) mass is 320 g/mol. The van der Waals surface area contributed by atoms with Gasteiger partial charge in [0.15, 0.2) is 0 Å². The van der Waals surface area contributed by atoms with Crippen molar-refractivity contribution in [1.29, 1.82) is 5.26 Å². The fourth-order valence-corrected chi connectivity index (χ4v) is 1.91. The maximum atomic E-state index is 12.9. The minimum absolute atomic E-state index is 0.0995. The average Bonchev–Trinajstić information content (AvgIpc) is 2.34. The van der Waals surface area contributed by atoms with Gasteiger partial charge < -0.3 is 4.90 Å². The van der Waals surface area contributed by atoms with Gasteiger partial charge in [-0.25, -0.2) is 0 Å². The van der Waals surface area contributed by atoms with E-state index in [2.05, 4.69) is 15.9 Å². The zero-order valence-corrected chi connectivity index (χ0v) is 11.3. The molecule has 0 aliphatic heterocycles. The summed E-state index contributed by atoms with van der Waals surface area (Å²) in [4.78, 5) is 1.45. The van der Waals surface area contributed by atoms with Gasteiger partial charge in [0.25, 0.3) is 0 Å². The molecule has 0 saturated heterocycles. The van der Waals surface area contributed by atoms with Crippen molar-refractivity contribution in [2.75, 3.05) is 18.5 Å². The molecule has 6 heteroatoms. The standard InChI is InChI=1S/C12H12BrF3N2/c1-18(6-2-5-17)11-4-3-9(8-13)7-10(11)12(14,15)16/h3-4,7H,2,6,8H2,1H3. The minimum Gasteiger partial charge on any atom is -0.373 e. The lowest BCUT2D eigenvalue weighted by molar-refractivity contribution is -0.137. The molecule has 98 valence electrons. The Morgan fingerprint density at radius 1 is 1.39 bits per heavy atom. The molecule has 0 radical (unpaired) electrons. The van der Waals surface area contributed by atoms with Gasteiger partial charge in [-0.3, -0.25) is 0 Å². The van der Waals surface area contributed by atoms with E-state index in [1.807, 2.05) is 6.07 Å². The predicted octanol–water partition coefficient (Wildman–Crippen LogP) is 3.95. The molecule has 0 saturated carbocycles. The van der Waals surface area contributed by atoms with Gasteiger partial charge in [-0.1, -0.05) is 22.0 Å². The lowest BCUT2D eigenvalue weighted by atomic mass is 10.1. The number of anilines is 1. The van der Waals surface area contributed by atoms with Gasteiger partial charge in [-0.2, -0.15) is 18.4 Å². The van der Waals surface area contributed by atoms with Crippen molar-refractivity contribution >= 4 is 21.6 Å². The number of nitrogens with zero attached hydrogens (tertiary/aromatic N) is 2. The maximum Gasteiger partial charge on any atom is 0.418 e. The average molecular weight is 321 g/mol. The number of alkyl halides is 4. The summed E-state index contributed by atoms with van der Waals surface area (Å²) in [6.45, 7) is 0.271. The highest BCUT2D eigenvalue weighted by atomic mass is 79.9. The zero-order chi connectivity index (χ0) is 13.8. The normalized spacial score (nSPS) is 11.1. The van der Waals surface area contributed by atoms with E-state index in [9.17, 15) is 13.2 Å². The summed E-state index contributed by atoms with van der Waals surface area (Å²) in [6.07, 6.45) is -4.21. The Labute approximate surface area is 112 Å². The summed E-state index contributed by atoms with van der Waals surface area (Å²) < 4.78 is 38.8. The molecule has 1 aromatic carbocycles. The van der Waals surface area contributed by atoms with Crippen LogP contribution in [0.15, 0.2) is 18.2 Å². The molecule has 18 heavy (non-hydrogen) atoms. The van der Waals surface area contributed by atoms with Crippen molar-refractivity contribution in [1.82, 2.24) is 0 Å². The van der Waals surface area contributed by atoms with Gasteiger partial charge in [0.05, 0.1) is 18.1 Å². The topological polar surface area (TPSA) is 27.0 Å². The molecule has 2 nitrogen and oxygen atoms in total. The molecule has 0 aliphatic rings. The molecule has 0 heterocycles. The smallest absolute Gasteiger partial charge is 0.373 e. The molecule has 0 bridgehead atoms. The molecule has 0 N–H and O–H groups in total. The first-order chi connectivity index (χ1) is 8.40. The number of rotatable bonds is 4. The van der Waals surface area contributed by atoms with E-state index in [1.54, 1.807) is 13.1 Å². The Kier molecular flexibility index (Phi) is 5.03. The third-order valence-electron chi connectivity index (χ3n) is 2.49. The maximum absolute atomic E-state index is 12.9. The van der Waals surface area contributed by atoms with Crippen molar-refractivity contribution < 1.29 is 13.2 Å². The van der Waals surface area contributed by atoms with E-state index < -0.39 is 11.7 Å². The molecule has 0 spiro atoms. The number of hydrogen-bond donors (Lipinski definition) is 0. The highest BCUT2D eigenvalue weighted by Crippen LogP contribution is 2.37. The molecule has 0 aliphatic carbocycles. The number of halogens is 4. The van der Waals surface area contributed by atoms with E-state index in [-0.39, 0.29) is 18.7 Å². The van der Waals surface area contributed by atoms with Gasteiger partial charge in [-0.15, -0.1) is 0 Å². The Balaban J connectivity index is 3.14. The summed E-state index contributed by atoms with van der Waals surface area (Å²) >= 11 is 3.14. The van der Waals surface area contributed by atoms with Crippen LogP contribution in [0.2, 0.25) is 0 Å². The van der Waals surface area contributed by atoms with Gasteiger partial charge >= 0.3 is 6.18 Å². The van der Waals surface area contributed by atoms with Gasteiger partial charge in [-0.05, 0) is 17.7 Å². The van der Waals surface area contributed by atoms with Crippen LogP contribution >= 0.6 is 15.9 Å². The summed E-state index contributed by atoms with van der Waals surface area (Å²) in [5.74, 6) is 0. The number of nitriles is 1. The van der Waals surface area contributed by atoms with E-state index in [1.165, 1.54) is 11.0 Å². The van der Waals surface area contributed by atoms with Crippen molar-refractivity contribution in [2.45, 2.75) is 17.9 Å².